The number of rotatable bonds is 2. The molecule has 14 heavy (non-hydrogen) atoms. The summed E-state index contributed by atoms with van der Waals surface area (Å²) >= 11 is 0. The van der Waals surface area contributed by atoms with Crippen LogP contribution < -0.4 is 0 Å². The molecule has 0 fully saturated rings. The Morgan fingerprint density at radius 2 is 1.50 bits per heavy atom. The van der Waals surface area contributed by atoms with Crippen molar-refractivity contribution in [3.8, 4) is 0 Å². The van der Waals surface area contributed by atoms with Crippen LogP contribution in [0.2, 0.25) is 0 Å². The molecule has 0 nitrogen and oxygen atoms in total. The number of benzene rings is 1. The van der Waals surface area contributed by atoms with E-state index in [-0.39, 0.29) is 5.57 Å². The van der Waals surface area contributed by atoms with Gasteiger partial charge in [0.25, 0.3) is 0 Å². The second-order valence-electron chi connectivity index (χ2n) is 2.82. The minimum Gasteiger partial charge on any atom is -0.166 e. The van der Waals surface area contributed by atoms with Gasteiger partial charge in [0.2, 0.25) is 0 Å². The highest BCUT2D eigenvalue weighted by Gasteiger charge is 2.33. The summed E-state index contributed by atoms with van der Waals surface area (Å²) in [6.45, 7) is 6.35. The second-order valence-corrected chi connectivity index (χ2v) is 2.82. The molecule has 0 aromatic heterocycles. The van der Waals surface area contributed by atoms with E-state index in [1.54, 1.807) is 30.3 Å². The van der Waals surface area contributed by atoms with Crippen molar-refractivity contribution in [2.24, 2.45) is 0 Å². The largest absolute Gasteiger partial charge is 0.416 e. The Kier molecular flexibility index (Phi) is 2.79. The minimum absolute atomic E-state index is 0.0851. The minimum atomic E-state index is -4.41. The SMILES string of the molecule is C=C(C(=C)C(F)(F)F)c1ccccc1. The molecule has 74 valence electrons. The molecule has 0 amide bonds. The van der Waals surface area contributed by atoms with Crippen molar-refractivity contribution < 1.29 is 13.2 Å². The molecule has 0 aliphatic heterocycles. The van der Waals surface area contributed by atoms with Crippen LogP contribution in [0.15, 0.2) is 49.1 Å². The monoisotopic (exact) mass is 198 g/mol. The molecule has 0 heterocycles. The first-order chi connectivity index (χ1) is 6.43. The Morgan fingerprint density at radius 1 is 1.00 bits per heavy atom. The summed E-state index contributed by atoms with van der Waals surface area (Å²) in [4.78, 5) is 0. The van der Waals surface area contributed by atoms with Crippen LogP contribution in [0.3, 0.4) is 0 Å². The summed E-state index contributed by atoms with van der Waals surface area (Å²) in [7, 11) is 0. The van der Waals surface area contributed by atoms with Crippen LogP contribution in [-0.4, -0.2) is 6.18 Å². The lowest BCUT2D eigenvalue weighted by atomic mass is 10.0. The average Bonchev–Trinajstić information content (AvgIpc) is 2.15. The van der Waals surface area contributed by atoms with Gasteiger partial charge in [-0.05, 0) is 11.1 Å². The molecule has 0 bridgehead atoms. The number of allylic oxidation sites excluding steroid dienone is 2. The fraction of sp³-hybridized carbons (Fsp3) is 0.0909. The predicted molar refractivity (Wildman–Crippen MR) is 50.7 cm³/mol. The Hall–Kier alpha value is -1.51. The summed E-state index contributed by atoms with van der Waals surface area (Å²) < 4.78 is 36.7. The fourth-order valence-electron chi connectivity index (χ4n) is 0.985. The third kappa shape index (κ3) is 2.25. The molecule has 0 atom stereocenters. The first kappa shape index (κ1) is 10.6. The van der Waals surface area contributed by atoms with E-state index >= 15 is 0 Å². The lowest BCUT2D eigenvalue weighted by Crippen LogP contribution is -2.11. The van der Waals surface area contributed by atoms with Crippen molar-refractivity contribution in [1.29, 1.82) is 0 Å². The average molecular weight is 198 g/mol. The highest BCUT2D eigenvalue weighted by molar-refractivity contribution is 5.77. The summed E-state index contributed by atoms with van der Waals surface area (Å²) in [5.74, 6) is 0. The number of hydrogen-bond acceptors (Lipinski definition) is 0. The molecule has 0 spiro atoms. The Bertz CT molecular complexity index is 347. The third-order valence-corrected chi connectivity index (χ3v) is 1.83. The van der Waals surface area contributed by atoms with Gasteiger partial charge in [-0.2, -0.15) is 13.2 Å². The molecule has 0 aliphatic carbocycles. The molecule has 3 heteroatoms. The molecule has 0 aliphatic rings. The van der Waals surface area contributed by atoms with E-state index in [1.807, 2.05) is 0 Å². The molecule has 0 N–H and O–H groups in total. The quantitative estimate of drug-likeness (QED) is 0.634. The maximum absolute atomic E-state index is 12.2. The summed E-state index contributed by atoms with van der Waals surface area (Å²) in [6.07, 6.45) is -4.41. The zero-order valence-corrected chi connectivity index (χ0v) is 7.43. The van der Waals surface area contributed by atoms with Crippen LogP contribution in [0.5, 0.6) is 0 Å². The van der Waals surface area contributed by atoms with E-state index in [0.29, 0.717) is 5.56 Å². The molecule has 0 unspecified atom stereocenters. The maximum Gasteiger partial charge on any atom is 0.416 e. The van der Waals surface area contributed by atoms with Crippen molar-refractivity contribution >= 4 is 5.57 Å². The standard InChI is InChI=1S/C11H9F3/c1-8(9(2)11(12,13)14)10-6-4-3-5-7-10/h3-7H,1-2H2. The van der Waals surface area contributed by atoms with Gasteiger partial charge in [-0.25, -0.2) is 0 Å². The van der Waals surface area contributed by atoms with Gasteiger partial charge < -0.3 is 0 Å². The van der Waals surface area contributed by atoms with Crippen LogP contribution in [0.25, 0.3) is 5.57 Å². The molecule has 0 radical (unpaired) electrons. The van der Waals surface area contributed by atoms with E-state index in [0.717, 1.165) is 0 Å². The van der Waals surface area contributed by atoms with Gasteiger partial charge in [-0.15, -0.1) is 0 Å². The molecular formula is C11H9F3. The smallest absolute Gasteiger partial charge is 0.166 e. The van der Waals surface area contributed by atoms with Crippen molar-refractivity contribution in [1.82, 2.24) is 0 Å². The van der Waals surface area contributed by atoms with Crippen molar-refractivity contribution in [2.45, 2.75) is 6.18 Å². The van der Waals surface area contributed by atoms with Crippen LogP contribution in [0, 0.1) is 0 Å². The van der Waals surface area contributed by atoms with E-state index in [4.69, 9.17) is 0 Å². The molecular weight excluding hydrogens is 189 g/mol. The van der Waals surface area contributed by atoms with Crippen molar-refractivity contribution in [2.75, 3.05) is 0 Å². The predicted octanol–water partition coefficient (Wildman–Crippen LogP) is 3.82. The van der Waals surface area contributed by atoms with Gasteiger partial charge in [0.1, 0.15) is 0 Å². The van der Waals surface area contributed by atoms with Crippen LogP contribution in [-0.2, 0) is 0 Å². The molecule has 0 saturated carbocycles. The van der Waals surface area contributed by atoms with E-state index in [2.05, 4.69) is 13.2 Å². The zero-order valence-electron chi connectivity index (χ0n) is 7.43. The van der Waals surface area contributed by atoms with Crippen LogP contribution in [0.4, 0.5) is 13.2 Å². The first-order valence-electron chi connectivity index (χ1n) is 3.93. The Balaban J connectivity index is 2.93. The normalized spacial score (nSPS) is 11.1. The summed E-state index contributed by atoms with van der Waals surface area (Å²) in [6, 6.07) is 8.18. The molecule has 1 rings (SSSR count). The fourth-order valence-corrected chi connectivity index (χ4v) is 0.985. The number of alkyl halides is 3. The van der Waals surface area contributed by atoms with Gasteiger partial charge in [0, 0.05) is 0 Å². The summed E-state index contributed by atoms with van der Waals surface area (Å²) in [5.41, 5.74) is -0.545. The second kappa shape index (κ2) is 3.70. The third-order valence-electron chi connectivity index (χ3n) is 1.83. The van der Waals surface area contributed by atoms with Gasteiger partial charge in [0.15, 0.2) is 0 Å². The first-order valence-corrected chi connectivity index (χ1v) is 3.93. The summed E-state index contributed by atoms with van der Waals surface area (Å²) in [5, 5.41) is 0. The zero-order chi connectivity index (χ0) is 10.8. The molecule has 1 aromatic carbocycles. The number of halogens is 3. The van der Waals surface area contributed by atoms with Gasteiger partial charge in [-0.1, -0.05) is 43.5 Å². The Morgan fingerprint density at radius 3 is 1.93 bits per heavy atom. The van der Waals surface area contributed by atoms with Crippen LogP contribution >= 0.6 is 0 Å². The van der Waals surface area contributed by atoms with E-state index in [9.17, 15) is 13.2 Å². The molecule has 1 aromatic rings. The van der Waals surface area contributed by atoms with E-state index < -0.39 is 11.7 Å². The maximum atomic E-state index is 12.2. The van der Waals surface area contributed by atoms with Gasteiger partial charge in [0.05, 0.1) is 5.57 Å². The van der Waals surface area contributed by atoms with E-state index in [1.165, 1.54) is 0 Å². The topological polar surface area (TPSA) is 0 Å². The van der Waals surface area contributed by atoms with Crippen LogP contribution in [0.1, 0.15) is 5.56 Å². The number of hydrogen-bond donors (Lipinski definition) is 0. The van der Waals surface area contributed by atoms with Crippen molar-refractivity contribution in [3.05, 3.63) is 54.6 Å². The Labute approximate surface area is 80.4 Å². The highest BCUT2D eigenvalue weighted by atomic mass is 19.4. The highest BCUT2D eigenvalue weighted by Crippen LogP contribution is 2.33. The van der Waals surface area contributed by atoms with Gasteiger partial charge in [-0.3, -0.25) is 0 Å². The lowest BCUT2D eigenvalue weighted by molar-refractivity contribution is -0.0866. The van der Waals surface area contributed by atoms with Gasteiger partial charge >= 0.3 is 6.18 Å². The molecule has 0 saturated heterocycles. The van der Waals surface area contributed by atoms with Crippen molar-refractivity contribution in [3.63, 3.8) is 0 Å². The lowest BCUT2D eigenvalue weighted by Gasteiger charge is -2.12.